The van der Waals surface area contributed by atoms with Crippen molar-refractivity contribution in [3.8, 4) is 0 Å². The molecule has 0 aliphatic heterocycles. The van der Waals surface area contributed by atoms with Crippen LogP contribution in [0.4, 0.5) is 5.69 Å². The first-order chi connectivity index (χ1) is 9.72. The van der Waals surface area contributed by atoms with E-state index in [-0.39, 0.29) is 24.0 Å². The molecule has 7 nitrogen and oxygen atoms in total. The second-order valence-corrected chi connectivity index (χ2v) is 5.84. The van der Waals surface area contributed by atoms with Crippen molar-refractivity contribution in [1.82, 2.24) is 9.88 Å². The first kappa shape index (κ1) is 17.2. The van der Waals surface area contributed by atoms with E-state index in [1.165, 1.54) is 12.3 Å². The highest BCUT2D eigenvalue weighted by Gasteiger charge is 2.21. The Morgan fingerprint density at radius 2 is 2.05 bits per heavy atom. The lowest BCUT2D eigenvalue weighted by Gasteiger charge is -2.15. The van der Waals surface area contributed by atoms with Gasteiger partial charge in [-0.3, -0.25) is 14.9 Å². The van der Waals surface area contributed by atoms with E-state index in [0.717, 1.165) is 0 Å². The molecule has 2 N–H and O–H groups in total. The van der Waals surface area contributed by atoms with E-state index >= 15 is 0 Å². The molecular formula is C14H23N3O4. The van der Waals surface area contributed by atoms with Crippen molar-refractivity contribution in [3.05, 3.63) is 28.1 Å². The molecule has 118 valence electrons. The maximum atomic E-state index is 12.1. The van der Waals surface area contributed by atoms with E-state index in [9.17, 15) is 20.0 Å². The monoisotopic (exact) mass is 297 g/mol. The van der Waals surface area contributed by atoms with Gasteiger partial charge >= 0.3 is 0 Å². The van der Waals surface area contributed by atoms with Gasteiger partial charge in [-0.15, -0.1) is 0 Å². The largest absolute Gasteiger partial charge is 0.391 e. The molecule has 0 saturated heterocycles. The van der Waals surface area contributed by atoms with Crippen molar-refractivity contribution < 1.29 is 14.8 Å². The number of hydrogen-bond donors (Lipinski definition) is 2. The molecular weight excluding hydrogens is 274 g/mol. The predicted molar refractivity (Wildman–Crippen MR) is 79.3 cm³/mol. The standard InChI is InChI=1S/C14H23N3O4/c1-9(2)5-12(18)7-15-14(19)13-6-11(17(20)21)8-16(13)10(3)4/h6,8-10,12,18H,5,7H2,1-4H3,(H,15,19). The molecule has 0 aliphatic rings. The summed E-state index contributed by atoms with van der Waals surface area (Å²) in [5, 5.41) is 23.2. The smallest absolute Gasteiger partial charge is 0.287 e. The van der Waals surface area contributed by atoms with Crippen LogP contribution in [0.3, 0.4) is 0 Å². The van der Waals surface area contributed by atoms with Crippen LogP contribution in [-0.2, 0) is 0 Å². The Bertz CT molecular complexity index is 508. The van der Waals surface area contributed by atoms with Gasteiger partial charge in [-0.2, -0.15) is 0 Å². The Morgan fingerprint density at radius 3 is 2.52 bits per heavy atom. The van der Waals surface area contributed by atoms with Crippen LogP contribution in [0.2, 0.25) is 0 Å². The third-order valence-corrected chi connectivity index (χ3v) is 3.08. The summed E-state index contributed by atoms with van der Waals surface area (Å²) in [6.07, 6.45) is 1.32. The molecule has 0 fully saturated rings. The lowest BCUT2D eigenvalue weighted by Crippen LogP contribution is -2.34. The average Bonchev–Trinajstić information content (AvgIpc) is 2.80. The van der Waals surface area contributed by atoms with Crippen LogP contribution in [0.5, 0.6) is 0 Å². The quantitative estimate of drug-likeness (QED) is 0.595. The van der Waals surface area contributed by atoms with Crippen LogP contribution in [0.25, 0.3) is 0 Å². The Kier molecular flexibility index (Phi) is 5.90. The van der Waals surface area contributed by atoms with Gasteiger partial charge in [-0.25, -0.2) is 0 Å². The lowest BCUT2D eigenvalue weighted by atomic mass is 10.1. The number of carbonyl (C=O) groups is 1. The molecule has 1 unspecified atom stereocenters. The number of aliphatic hydroxyl groups excluding tert-OH is 1. The van der Waals surface area contributed by atoms with Gasteiger partial charge < -0.3 is 15.0 Å². The molecule has 1 aromatic heterocycles. The van der Waals surface area contributed by atoms with Crippen molar-refractivity contribution >= 4 is 11.6 Å². The molecule has 1 amide bonds. The van der Waals surface area contributed by atoms with Crippen molar-refractivity contribution in [2.45, 2.75) is 46.3 Å². The number of aromatic nitrogens is 1. The number of hydrogen-bond acceptors (Lipinski definition) is 4. The van der Waals surface area contributed by atoms with Gasteiger partial charge in [0.25, 0.3) is 11.6 Å². The fourth-order valence-electron chi connectivity index (χ4n) is 2.10. The van der Waals surface area contributed by atoms with Crippen LogP contribution in [-0.4, -0.2) is 33.2 Å². The molecule has 1 aromatic rings. The number of carbonyl (C=O) groups excluding carboxylic acids is 1. The Morgan fingerprint density at radius 1 is 1.43 bits per heavy atom. The second kappa shape index (κ2) is 7.21. The zero-order valence-corrected chi connectivity index (χ0v) is 12.9. The molecule has 0 spiro atoms. The van der Waals surface area contributed by atoms with E-state index in [4.69, 9.17) is 0 Å². The summed E-state index contributed by atoms with van der Waals surface area (Å²) < 4.78 is 1.56. The van der Waals surface area contributed by atoms with Crippen LogP contribution in [0, 0.1) is 16.0 Å². The van der Waals surface area contributed by atoms with Crippen molar-refractivity contribution in [3.63, 3.8) is 0 Å². The summed E-state index contributed by atoms with van der Waals surface area (Å²) >= 11 is 0. The highest BCUT2D eigenvalue weighted by Crippen LogP contribution is 2.20. The number of rotatable bonds is 7. The van der Waals surface area contributed by atoms with Gasteiger partial charge in [0.15, 0.2) is 0 Å². The first-order valence-corrected chi connectivity index (χ1v) is 7.04. The fourth-order valence-corrected chi connectivity index (χ4v) is 2.10. The minimum absolute atomic E-state index is 0.0694. The molecule has 0 bridgehead atoms. The molecule has 0 saturated carbocycles. The normalized spacial score (nSPS) is 12.7. The predicted octanol–water partition coefficient (Wildman–Crippen LogP) is 2.11. The van der Waals surface area contributed by atoms with Crippen molar-refractivity contribution in [2.24, 2.45) is 5.92 Å². The highest BCUT2D eigenvalue weighted by atomic mass is 16.6. The van der Waals surface area contributed by atoms with Crippen molar-refractivity contribution in [1.29, 1.82) is 0 Å². The van der Waals surface area contributed by atoms with Gasteiger partial charge in [0.2, 0.25) is 0 Å². The van der Waals surface area contributed by atoms with Crippen molar-refractivity contribution in [2.75, 3.05) is 6.54 Å². The maximum Gasteiger partial charge on any atom is 0.287 e. The molecule has 0 radical (unpaired) electrons. The number of nitrogens with zero attached hydrogens (tertiary/aromatic N) is 2. The molecule has 1 rings (SSSR count). The zero-order valence-electron chi connectivity index (χ0n) is 12.9. The number of amides is 1. The average molecular weight is 297 g/mol. The van der Waals surface area contributed by atoms with Crippen LogP contribution in [0.1, 0.15) is 50.6 Å². The summed E-state index contributed by atoms with van der Waals surface area (Å²) in [6.45, 7) is 7.78. The Balaban J connectivity index is 2.79. The van der Waals surface area contributed by atoms with Gasteiger partial charge in [-0.1, -0.05) is 13.8 Å². The van der Waals surface area contributed by atoms with E-state index in [0.29, 0.717) is 12.3 Å². The highest BCUT2D eigenvalue weighted by molar-refractivity contribution is 5.93. The van der Waals surface area contributed by atoms with Crippen LogP contribution in [0.15, 0.2) is 12.3 Å². The van der Waals surface area contributed by atoms with Gasteiger partial charge in [0.1, 0.15) is 5.69 Å². The minimum atomic E-state index is -0.619. The number of nitro groups is 1. The molecule has 1 atom stereocenters. The number of aliphatic hydroxyl groups is 1. The third-order valence-electron chi connectivity index (χ3n) is 3.08. The van der Waals surface area contributed by atoms with E-state index in [2.05, 4.69) is 5.32 Å². The number of nitrogens with one attached hydrogen (secondary N) is 1. The van der Waals surface area contributed by atoms with Gasteiger partial charge in [-0.05, 0) is 26.2 Å². The summed E-state index contributed by atoms with van der Waals surface area (Å²) in [7, 11) is 0. The minimum Gasteiger partial charge on any atom is -0.391 e. The third kappa shape index (κ3) is 4.86. The Labute approximate surface area is 124 Å². The van der Waals surface area contributed by atoms with Crippen LogP contribution >= 0.6 is 0 Å². The summed E-state index contributed by atoms with van der Waals surface area (Å²) in [5.74, 6) is -0.0860. The molecule has 0 aliphatic carbocycles. The fraction of sp³-hybridized carbons (Fsp3) is 0.643. The molecule has 1 heterocycles. The summed E-state index contributed by atoms with van der Waals surface area (Å²) in [6, 6.07) is 1.18. The van der Waals surface area contributed by atoms with Crippen LogP contribution < -0.4 is 5.32 Å². The maximum absolute atomic E-state index is 12.1. The molecule has 21 heavy (non-hydrogen) atoms. The lowest BCUT2D eigenvalue weighted by molar-refractivity contribution is -0.384. The molecule has 0 aromatic carbocycles. The van der Waals surface area contributed by atoms with Gasteiger partial charge in [0.05, 0.1) is 17.2 Å². The van der Waals surface area contributed by atoms with E-state index in [1.54, 1.807) is 4.57 Å². The summed E-state index contributed by atoms with van der Waals surface area (Å²) in [5.41, 5.74) is 0.116. The Hall–Kier alpha value is -1.89. The topological polar surface area (TPSA) is 97.4 Å². The SMILES string of the molecule is CC(C)CC(O)CNC(=O)c1cc([N+](=O)[O-])cn1C(C)C. The van der Waals surface area contributed by atoms with Gasteiger partial charge in [0, 0.05) is 18.7 Å². The van der Waals surface area contributed by atoms with E-state index < -0.39 is 16.9 Å². The zero-order chi connectivity index (χ0) is 16.2. The summed E-state index contributed by atoms with van der Waals surface area (Å²) in [4.78, 5) is 22.4. The molecule has 7 heteroatoms. The van der Waals surface area contributed by atoms with E-state index in [1.807, 2.05) is 27.7 Å². The first-order valence-electron chi connectivity index (χ1n) is 7.04. The second-order valence-electron chi connectivity index (χ2n) is 5.84.